The fourth-order valence-electron chi connectivity index (χ4n) is 1.95. The molecule has 88 valence electrons. The molecule has 0 aliphatic heterocycles. The highest BCUT2D eigenvalue weighted by molar-refractivity contribution is 6.32. The number of carbonyl (C=O) groups excluding carboxylic acids is 1. The van der Waals surface area contributed by atoms with E-state index >= 15 is 0 Å². The molecule has 0 aromatic heterocycles. The second-order valence-corrected chi connectivity index (χ2v) is 4.45. The molecule has 0 aliphatic rings. The Morgan fingerprint density at radius 1 is 1.44 bits per heavy atom. The second kappa shape index (κ2) is 5.35. The molecular weight excluding hydrogens is 224 g/mol. The largest absolute Gasteiger partial charge is 0.496 e. The molecule has 1 aromatic carbocycles. The summed E-state index contributed by atoms with van der Waals surface area (Å²) in [5.74, 6) is 0.878. The fourth-order valence-corrected chi connectivity index (χ4v) is 2.28. The highest BCUT2D eigenvalue weighted by Gasteiger charge is 2.18. The number of methoxy groups -OCH3 is 1. The second-order valence-electron chi connectivity index (χ2n) is 4.07. The van der Waals surface area contributed by atoms with Gasteiger partial charge in [0.1, 0.15) is 12.0 Å². The van der Waals surface area contributed by atoms with Gasteiger partial charge in [0.2, 0.25) is 0 Å². The van der Waals surface area contributed by atoms with Crippen molar-refractivity contribution in [3.63, 3.8) is 0 Å². The number of hydrogen-bond donors (Lipinski definition) is 0. The summed E-state index contributed by atoms with van der Waals surface area (Å²) in [6, 6.07) is 2.00. The molecule has 3 heteroatoms. The monoisotopic (exact) mass is 240 g/mol. The Hall–Kier alpha value is -1.02. The molecule has 0 aliphatic carbocycles. The molecule has 2 nitrogen and oxygen atoms in total. The van der Waals surface area contributed by atoms with Gasteiger partial charge >= 0.3 is 0 Å². The zero-order valence-corrected chi connectivity index (χ0v) is 10.9. The molecule has 1 unspecified atom stereocenters. The van der Waals surface area contributed by atoms with Crippen molar-refractivity contribution in [2.24, 2.45) is 0 Å². The van der Waals surface area contributed by atoms with E-state index in [1.807, 2.05) is 26.8 Å². The number of hydrogen-bond acceptors (Lipinski definition) is 2. The number of carbonyl (C=O) groups is 1. The number of aryl methyl sites for hydroxylation is 2. The zero-order chi connectivity index (χ0) is 12.3. The first-order valence-corrected chi connectivity index (χ1v) is 5.67. The quantitative estimate of drug-likeness (QED) is 0.751. The van der Waals surface area contributed by atoms with E-state index in [9.17, 15) is 4.79 Å². The summed E-state index contributed by atoms with van der Waals surface area (Å²) >= 11 is 6.28. The Labute approximate surface area is 102 Å². The molecule has 0 N–H and O–H groups in total. The van der Waals surface area contributed by atoms with Crippen LogP contribution in [-0.2, 0) is 4.79 Å². The lowest BCUT2D eigenvalue weighted by atomic mass is 9.93. The van der Waals surface area contributed by atoms with Gasteiger partial charge in [0, 0.05) is 12.0 Å². The maximum Gasteiger partial charge on any atom is 0.126 e. The summed E-state index contributed by atoms with van der Waals surface area (Å²) < 4.78 is 5.38. The van der Waals surface area contributed by atoms with Crippen molar-refractivity contribution in [2.45, 2.75) is 33.1 Å². The average Bonchev–Trinajstić information content (AvgIpc) is 2.23. The maximum atomic E-state index is 10.6. The van der Waals surface area contributed by atoms with Crippen LogP contribution in [0, 0.1) is 13.8 Å². The normalized spacial score (nSPS) is 12.3. The lowest BCUT2D eigenvalue weighted by Gasteiger charge is -2.19. The van der Waals surface area contributed by atoms with Crippen LogP contribution in [0.1, 0.15) is 36.0 Å². The smallest absolute Gasteiger partial charge is 0.126 e. The van der Waals surface area contributed by atoms with E-state index < -0.39 is 0 Å². The van der Waals surface area contributed by atoms with E-state index in [0.717, 1.165) is 28.7 Å². The first kappa shape index (κ1) is 13.0. The Bertz CT molecular complexity index is 399. The van der Waals surface area contributed by atoms with Crippen molar-refractivity contribution in [2.75, 3.05) is 7.11 Å². The van der Waals surface area contributed by atoms with Gasteiger partial charge in [0.25, 0.3) is 0 Å². The van der Waals surface area contributed by atoms with Gasteiger partial charge < -0.3 is 9.53 Å². The van der Waals surface area contributed by atoms with Crippen LogP contribution in [-0.4, -0.2) is 13.4 Å². The van der Waals surface area contributed by atoms with Crippen molar-refractivity contribution < 1.29 is 9.53 Å². The Balaban J connectivity index is 3.37. The van der Waals surface area contributed by atoms with Gasteiger partial charge in [-0.05, 0) is 30.9 Å². The number of rotatable bonds is 4. The van der Waals surface area contributed by atoms with Gasteiger partial charge in [-0.15, -0.1) is 0 Å². The Morgan fingerprint density at radius 3 is 2.56 bits per heavy atom. The molecule has 0 saturated carbocycles. The first-order valence-electron chi connectivity index (χ1n) is 5.30. The maximum absolute atomic E-state index is 10.6. The molecule has 0 bridgehead atoms. The van der Waals surface area contributed by atoms with Crippen molar-refractivity contribution in [3.05, 3.63) is 27.8 Å². The summed E-state index contributed by atoms with van der Waals surface area (Å²) in [4.78, 5) is 10.6. The van der Waals surface area contributed by atoms with Gasteiger partial charge in [0.15, 0.2) is 0 Å². The van der Waals surface area contributed by atoms with E-state index in [-0.39, 0.29) is 5.92 Å². The van der Waals surface area contributed by atoms with E-state index in [4.69, 9.17) is 16.3 Å². The third kappa shape index (κ3) is 2.38. The fraction of sp³-hybridized carbons (Fsp3) is 0.462. The predicted molar refractivity (Wildman–Crippen MR) is 66.6 cm³/mol. The average molecular weight is 241 g/mol. The van der Waals surface area contributed by atoms with Crippen LogP contribution < -0.4 is 4.74 Å². The van der Waals surface area contributed by atoms with Crippen LogP contribution in [0.4, 0.5) is 0 Å². The minimum Gasteiger partial charge on any atom is -0.496 e. The van der Waals surface area contributed by atoms with E-state index in [2.05, 4.69) is 0 Å². The van der Waals surface area contributed by atoms with Gasteiger partial charge in [-0.2, -0.15) is 0 Å². The van der Waals surface area contributed by atoms with Gasteiger partial charge in [-0.25, -0.2) is 0 Å². The molecule has 0 radical (unpaired) electrons. The topological polar surface area (TPSA) is 26.3 Å². The van der Waals surface area contributed by atoms with Crippen LogP contribution in [0.25, 0.3) is 0 Å². The van der Waals surface area contributed by atoms with Gasteiger partial charge in [-0.3, -0.25) is 0 Å². The van der Waals surface area contributed by atoms with Crippen LogP contribution >= 0.6 is 11.6 Å². The highest BCUT2D eigenvalue weighted by Crippen LogP contribution is 2.39. The lowest BCUT2D eigenvalue weighted by Crippen LogP contribution is -2.03. The summed E-state index contributed by atoms with van der Waals surface area (Å²) in [5, 5.41) is 0.705. The number of benzene rings is 1. The minimum atomic E-state index is 0.0820. The summed E-state index contributed by atoms with van der Waals surface area (Å²) in [6.07, 6.45) is 1.37. The summed E-state index contributed by atoms with van der Waals surface area (Å²) in [6.45, 7) is 5.93. The molecule has 0 saturated heterocycles. The molecule has 0 heterocycles. The van der Waals surface area contributed by atoms with Crippen LogP contribution in [0.5, 0.6) is 5.75 Å². The standard InChI is InChI=1S/C13H17ClO2/c1-8(5-6-15)11-12(14)9(2)7-10(3)13(11)16-4/h6-8H,5H2,1-4H3. The third-order valence-corrected chi connectivity index (χ3v) is 3.27. The summed E-state index contributed by atoms with van der Waals surface area (Å²) in [7, 11) is 1.63. The van der Waals surface area contributed by atoms with E-state index in [0.29, 0.717) is 11.4 Å². The lowest BCUT2D eigenvalue weighted by molar-refractivity contribution is -0.108. The van der Waals surface area contributed by atoms with Crippen molar-refractivity contribution in [1.82, 2.24) is 0 Å². The zero-order valence-electron chi connectivity index (χ0n) is 10.1. The van der Waals surface area contributed by atoms with Crippen molar-refractivity contribution >= 4 is 17.9 Å². The molecule has 1 aromatic rings. The first-order chi connectivity index (χ1) is 7.52. The Kier molecular flexibility index (Phi) is 4.36. The third-order valence-electron chi connectivity index (χ3n) is 2.77. The van der Waals surface area contributed by atoms with Crippen LogP contribution in [0.2, 0.25) is 5.02 Å². The molecule has 16 heavy (non-hydrogen) atoms. The van der Waals surface area contributed by atoms with E-state index in [1.165, 1.54) is 0 Å². The molecular formula is C13H17ClO2. The molecule has 0 amide bonds. The van der Waals surface area contributed by atoms with Gasteiger partial charge in [-0.1, -0.05) is 24.6 Å². The van der Waals surface area contributed by atoms with Crippen LogP contribution in [0.15, 0.2) is 6.07 Å². The predicted octanol–water partition coefficient (Wildman–Crippen LogP) is 3.66. The molecule has 0 spiro atoms. The van der Waals surface area contributed by atoms with Crippen molar-refractivity contribution in [1.29, 1.82) is 0 Å². The SMILES string of the molecule is COc1c(C)cc(C)c(Cl)c1C(C)CC=O. The molecule has 1 rings (SSSR count). The van der Waals surface area contributed by atoms with Gasteiger partial charge in [0.05, 0.1) is 12.1 Å². The Morgan fingerprint density at radius 2 is 2.06 bits per heavy atom. The van der Waals surface area contributed by atoms with E-state index in [1.54, 1.807) is 7.11 Å². The highest BCUT2D eigenvalue weighted by atomic mass is 35.5. The van der Waals surface area contributed by atoms with Crippen LogP contribution in [0.3, 0.4) is 0 Å². The summed E-state index contributed by atoms with van der Waals surface area (Å²) in [5.41, 5.74) is 3.01. The molecule has 1 atom stereocenters. The minimum absolute atomic E-state index is 0.0820. The van der Waals surface area contributed by atoms with Crippen molar-refractivity contribution in [3.8, 4) is 5.75 Å². The number of ether oxygens (including phenoxy) is 1. The molecule has 0 fully saturated rings. The number of aldehydes is 1. The number of halogens is 1.